The fraction of sp³-hybridized carbons (Fsp3) is 0.750. The first-order valence-corrected chi connectivity index (χ1v) is 6.90. The number of hydrogen-bond acceptors (Lipinski definition) is 5. The molecule has 1 aliphatic heterocycles. The van der Waals surface area contributed by atoms with Crippen molar-refractivity contribution in [2.24, 2.45) is 4.99 Å². The van der Waals surface area contributed by atoms with Crippen LogP contribution in [0.5, 0.6) is 0 Å². The predicted octanol–water partition coefficient (Wildman–Crippen LogP) is -1.47. The molecule has 0 amide bonds. The molecule has 0 radical (unpaired) electrons. The zero-order valence-corrected chi connectivity index (χ0v) is 8.79. The van der Waals surface area contributed by atoms with Gasteiger partial charge >= 0.3 is 15.7 Å². The summed E-state index contributed by atoms with van der Waals surface area (Å²) in [6.07, 6.45) is 0.941. The summed E-state index contributed by atoms with van der Waals surface area (Å²) in [4.78, 5) is 48.1. The quantitative estimate of drug-likeness (QED) is 0.375. The first-order chi connectivity index (χ1) is 6.23. The summed E-state index contributed by atoms with van der Waals surface area (Å²) in [7, 11) is -8.96. The van der Waals surface area contributed by atoms with Crippen LogP contribution in [-0.2, 0) is 4.57 Å². The Morgan fingerprint density at radius 1 is 1.43 bits per heavy atom. The van der Waals surface area contributed by atoms with Gasteiger partial charge in [-0.15, -0.1) is 0 Å². The second kappa shape index (κ2) is 3.92. The van der Waals surface area contributed by atoms with Crippen molar-refractivity contribution in [2.45, 2.75) is 5.78 Å². The Balaban J connectivity index is 2.95. The minimum atomic E-state index is -4.60. The molecule has 8 nitrogen and oxygen atoms in total. The molecule has 0 bridgehead atoms. The molecule has 0 saturated carbocycles. The molecule has 0 aromatic heterocycles. The lowest BCUT2D eigenvalue weighted by Crippen LogP contribution is -2.40. The van der Waals surface area contributed by atoms with Crippen LogP contribution in [0.15, 0.2) is 4.99 Å². The van der Waals surface area contributed by atoms with Crippen molar-refractivity contribution < 1.29 is 29.0 Å². The number of nitrogens with zero attached hydrogens (tertiary/aromatic N) is 2. The van der Waals surface area contributed by atoms with Crippen molar-refractivity contribution >= 4 is 21.9 Å². The lowest BCUT2D eigenvalue weighted by molar-refractivity contribution is 0.240. The third-order valence-electron chi connectivity index (χ3n) is 1.69. The highest BCUT2D eigenvalue weighted by Gasteiger charge is 2.52. The van der Waals surface area contributed by atoms with Gasteiger partial charge in [0.25, 0.3) is 0 Å². The molecule has 5 N–H and O–H groups in total. The van der Waals surface area contributed by atoms with Crippen LogP contribution in [0.3, 0.4) is 0 Å². The van der Waals surface area contributed by atoms with Crippen LogP contribution in [0, 0.1) is 0 Å². The standard InChI is InChI=1S/C4H10N2O6P2/c7-13(8,9)4-3-5-1-2-6(4)14(10,11)12/h3-4,7-9H,1-2H2,(H-,10,11,12)/p+1. The molecule has 0 aliphatic carbocycles. The van der Waals surface area contributed by atoms with Gasteiger partial charge in [0, 0.05) is 6.54 Å². The summed E-state index contributed by atoms with van der Waals surface area (Å²) < 4.78 is 11.4. The molecule has 1 unspecified atom stereocenters. The van der Waals surface area contributed by atoms with Gasteiger partial charge < -0.3 is 9.79 Å². The van der Waals surface area contributed by atoms with Crippen molar-refractivity contribution in [2.75, 3.05) is 13.1 Å². The van der Waals surface area contributed by atoms with E-state index in [4.69, 9.17) is 24.5 Å². The fourth-order valence-corrected chi connectivity index (χ4v) is 3.37. The molecule has 1 rings (SSSR count). The maximum atomic E-state index is 10.9. The molecule has 0 saturated heterocycles. The van der Waals surface area contributed by atoms with Crippen LogP contribution >= 0.6 is 15.7 Å². The van der Waals surface area contributed by atoms with E-state index in [1.807, 2.05) is 0 Å². The summed E-state index contributed by atoms with van der Waals surface area (Å²) in [6, 6.07) is 0. The smallest absolute Gasteiger partial charge is 0.312 e. The second-order valence-electron chi connectivity index (χ2n) is 2.76. The maximum absolute atomic E-state index is 10.9. The van der Waals surface area contributed by atoms with E-state index in [1.54, 1.807) is 0 Å². The number of rotatable bonds is 2. The zero-order valence-electron chi connectivity index (χ0n) is 7.00. The van der Waals surface area contributed by atoms with Gasteiger partial charge in [0.05, 0.1) is 12.8 Å². The van der Waals surface area contributed by atoms with Crippen LogP contribution in [0.4, 0.5) is 0 Å². The summed E-state index contributed by atoms with van der Waals surface area (Å²) in [5.74, 6) is -1.52. The van der Waals surface area contributed by atoms with Gasteiger partial charge in [-0.1, -0.05) is 0 Å². The van der Waals surface area contributed by atoms with E-state index in [0.29, 0.717) is 4.67 Å². The molecular weight excluding hydrogens is 234 g/mol. The van der Waals surface area contributed by atoms with Crippen molar-refractivity contribution in [1.82, 2.24) is 4.67 Å². The van der Waals surface area contributed by atoms with E-state index in [1.165, 1.54) is 0 Å². The molecule has 1 aliphatic rings. The Kier molecular flexibility index (Phi) is 3.41. The molecule has 0 fully saturated rings. The molecule has 0 aromatic rings. The van der Waals surface area contributed by atoms with Gasteiger partial charge in [0.1, 0.15) is 0 Å². The van der Waals surface area contributed by atoms with Gasteiger partial charge in [-0.2, -0.15) is 19.4 Å². The van der Waals surface area contributed by atoms with Gasteiger partial charge in [-0.25, -0.2) is 4.57 Å². The fourth-order valence-electron chi connectivity index (χ4n) is 1.09. The van der Waals surface area contributed by atoms with Crippen LogP contribution in [-0.4, -0.2) is 54.2 Å². The first kappa shape index (κ1) is 12.2. The van der Waals surface area contributed by atoms with Gasteiger partial charge in [-0.05, 0) is 0 Å². The molecule has 1 heterocycles. The summed E-state index contributed by atoms with van der Waals surface area (Å²) >= 11 is 0. The molecular formula is C4H11N2O6P2+. The maximum Gasteiger partial charge on any atom is 0.428 e. The van der Waals surface area contributed by atoms with E-state index in [9.17, 15) is 4.57 Å². The SMILES string of the molecule is O=P(O)(O)N1CCN=CC1[P+](O)(O)O. The Bertz CT molecular complexity index is 282. The van der Waals surface area contributed by atoms with Crippen LogP contribution in [0.1, 0.15) is 0 Å². The largest absolute Gasteiger partial charge is 0.428 e. The van der Waals surface area contributed by atoms with Gasteiger partial charge in [0.15, 0.2) is 0 Å². The van der Waals surface area contributed by atoms with Crippen LogP contribution in [0.25, 0.3) is 0 Å². The average Bonchev–Trinajstić information content (AvgIpc) is 2.01. The van der Waals surface area contributed by atoms with E-state index in [2.05, 4.69) is 4.99 Å². The minimum Gasteiger partial charge on any atom is -0.312 e. The Hall–Kier alpha value is 0.0900. The molecule has 10 heteroatoms. The van der Waals surface area contributed by atoms with E-state index >= 15 is 0 Å². The van der Waals surface area contributed by atoms with Crippen molar-refractivity contribution in [3.8, 4) is 0 Å². The predicted molar refractivity (Wildman–Crippen MR) is 49.5 cm³/mol. The normalized spacial score (nSPS) is 25.4. The van der Waals surface area contributed by atoms with E-state index in [0.717, 1.165) is 6.21 Å². The highest BCUT2D eigenvalue weighted by Crippen LogP contribution is 2.57. The summed E-state index contributed by atoms with van der Waals surface area (Å²) in [5.41, 5.74) is 0. The molecule has 0 aromatic carbocycles. The number of aliphatic imine (C=N–C) groups is 1. The average molecular weight is 245 g/mol. The Morgan fingerprint density at radius 3 is 2.36 bits per heavy atom. The molecule has 82 valence electrons. The van der Waals surface area contributed by atoms with Gasteiger partial charge in [0.2, 0.25) is 5.78 Å². The zero-order chi connectivity index (χ0) is 11.0. The van der Waals surface area contributed by atoms with E-state index < -0.39 is 21.5 Å². The topological polar surface area (TPSA) is 134 Å². The Labute approximate surface area is 80.3 Å². The van der Waals surface area contributed by atoms with Crippen LogP contribution < -0.4 is 0 Å². The molecule has 1 atom stereocenters. The number of hydrogen-bond donors (Lipinski definition) is 5. The van der Waals surface area contributed by atoms with Crippen molar-refractivity contribution in [1.29, 1.82) is 0 Å². The molecule has 14 heavy (non-hydrogen) atoms. The van der Waals surface area contributed by atoms with Crippen molar-refractivity contribution in [3.05, 3.63) is 0 Å². The lowest BCUT2D eigenvalue weighted by Gasteiger charge is -2.29. The van der Waals surface area contributed by atoms with Crippen LogP contribution in [0.2, 0.25) is 0 Å². The van der Waals surface area contributed by atoms with E-state index in [-0.39, 0.29) is 13.1 Å². The second-order valence-corrected chi connectivity index (χ2v) is 6.06. The summed E-state index contributed by atoms with van der Waals surface area (Å²) in [5, 5.41) is 0. The molecule has 0 spiro atoms. The summed E-state index contributed by atoms with van der Waals surface area (Å²) in [6.45, 7) is 0.0104. The van der Waals surface area contributed by atoms with Crippen molar-refractivity contribution in [3.63, 3.8) is 0 Å². The van der Waals surface area contributed by atoms with Gasteiger partial charge in [-0.3, -0.25) is 4.99 Å². The Morgan fingerprint density at radius 2 is 2.00 bits per heavy atom. The highest BCUT2D eigenvalue weighted by atomic mass is 31.2. The third-order valence-corrected chi connectivity index (χ3v) is 4.11. The highest BCUT2D eigenvalue weighted by molar-refractivity contribution is 7.61. The third kappa shape index (κ3) is 2.79. The first-order valence-electron chi connectivity index (χ1n) is 3.62. The lowest BCUT2D eigenvalue weighted by atomic mass is 10.5. The minimum absolute atomic E-state index is 0.130. The monoisotopic (exact) mass is 245 g/mol.